The summed E-state index contributed by atoms with van der Waals surface area (Å²) in [6.45, 7) is 7.17. The molecule has 2 atom stereocenters. The Kier molecular flexibility index (Phi) is 40.4. The van der Waals surface area contributed by atoms with Crippen molar-refractivity contribution >= 4 is 58.8 Å². The Morgan fingerprint density at radius 3 is 1.55 bits per heavy atom. The minimum Gasteiger partial charge on any atom is -0.481 e. The Morgan fingerprint density at radius 2 is 1.04 bits per heavy atom. The Balaban J connectivity index is 3.71. The van der Waals surface area contributed by atoms with Gasteiger partial charge in [-0.1, -0.05) is 77.0 Å². The number of rotatable bonds is 49. The molecule has 3 amide bonds. The van der Waals surface area contributed by atoms with Gasteiger partial charge < -0.3 is 50.8 Å². The molecule has 0 aliphatic rings. The van der Waals surface area contributed by atoms with Crippen molar-refractivity contribution in [3.63, 3.8) is 0 Å². The van der Waals surface area contributed by atoms with Crippen LogP contribution in [-0.2, 0) is 57.3 Å². The molecule has 0 bridgehead atoms. The number of nitrogens with two attached hydrogens (primary N) is 1. The number of aliphatic carboxylic acids is 2. The topological polar surface area (TPSA) is 276 Å². The molecule has 0 aromatic rings. The summed E-state index contributed by atoms with van der Waals surface area (Å²) in [6.07, 6.45) is 17.0. The molecule has 0 rings (SSSR count). The van der Waals surface area contributed by atoms with Crippen LogP contribution in [0.3, 0.4) is 0 Å². The fraction of sp³-hybridized carbons (Fsp3) is 0.833. The smallest absolute Gasteiger partial charge is 0.326 e. The number of carbonyl (C=O) groups is 8. The van der Waals surface area contributed by atoms with E-state index in [0.29, 0.717) is 58.0 Å². The molecule has 0 saturated heterocycles. The van der Waals surface area contributed by atoms with Crippen molar-refractivity contribution in [3.05, 3.63) is 0 Å². The molecule has 0 saturated carbocycles. The maximum atomic E-state index is 12.4. The van der Waals surface area contributed by atoms with Gasteiger partial charge in [0.05, 0.1) is 50.9 Å². The average Bonchev–Trinajstić information content (AvgIpc) is 3.26. The van der Waals surface area contributed by atoms with E-state index in [4.69, 9.17) is 29.8 Å². The standard InChI is InChI=1S/C48H86N4O14S/c1-38(53)39(22-25-42(55)48(2,3)49)36-67-37-45(58)51-27-30-65-32-31-64-29-26-50-44(57)35-66-34-33-63-28-18-19-40(54)23-24-41(47(61)62)52-43(56)20-16-14-12-10-8-6-4-5-7-9-11-13-15-17-21-46(59)60/h39,41H,4-37,49H2,1-3H3,(H,50,57)(H,51,58)(H,52,56)(H,59,60)(H,61,62)/t39-,41-/m0/s1. The van der Waals surface area contributed by atoms with Gasteiger partial charge in [-0.25, -0.2) is 4.79 Å². The first kappa shape index (κ1) is 63.5. The molecule has 0 aliphatic carbocycles. The van der Waals surface area contributed by atoms with Crippen molar-refractivity contribution in [3.8, 4) is 0 Å². The van der Waals surface area contributed by atoms with E-state index in [-0.39, 0.29) is 118 Å². The summed E-state index contributed by atoms with van der Waals surface area (Å²) in [5, 5.41) is 26.2. The molecule has 0 aromatic heterocycles. The van der Waals surface area contributed by atoms with Gasteiger partial charge in [0.25, 0.3) is 0 Å². The van der Waals surface area contributed by atoms with Crippen LogP contribution in [0.25, 0.3) is 0 Å². The first-order chi connectivity index (χ1) is 32.0. The van der Waals surface area contributed by atoms with Gasteiger partial charge in [-0.3, -0.25) is 33.6 Å². The van der Waals surface area contributed by atoms with Gasteiger partial charge in [-0.2, -0.15) is 11.8 Å². The molecule has 0 aromatic carbocycles. The van der Waals surface area contributed by atoms with Gasteiger partial charge in [0.2, 0.25) is 17.7 Å². The van der Waals surface area contributed by atoms with Gasteiger partial charge >= 0.3 is 11.9 Å². The van der Waals surface area contributed by atoms with Crippen LogP contribution in [0.5, 0.6) is 0 Å². The highest BCUT2D eigenvalue weighted by molar-refractivity contribution is 7.99. The van der Waals surface area contributed by atoms with Crippen LogP contribution in [0.4, 0.5) is 0 Å². The molecule has 19 heteroatoms. The fourth-order valence-corrected chi connectivity index (χ4v) is 7.76. The molecule has 0 aliphatic heterocycles. The lowest BCUT2D eigenvalue weighted by atomic mass is 9.92. The lowest BCUT2D eigenvalue weighted by molar-refractivity contribution is -0.142. The van der Waals surface area contributed by atoms with Gasteiger partial charge in [0, 0.05) is 63.5 Å². The highest BCUT2D eigenvalue weighted by Gasteiger charge is 2.24. The number of unbranched alkanes of at least 4 members (excludes halogenated alkanes) is 13. The molecule has 0 unspecified atom stereocenters. The Labute approximate surface area is 403 Å². The van der Waals surface area contributed by atoms with E-state index < -0.39 is 23.5 Å². The number of nitrogens with one attached hydrogen (secondary N) is 3. The highest BCUT2D eigenvalue weighted by atomic mass is 32.2. The van der Waals surface area contributed by atoms with E-state index in [1.165, 1.54) is 63.6 Å². The molecule has 388 valence electrons. The SMILES string of the molecule is CC(=O)[C@@H](CCC(=O)C(C)(C)N)CSCC(=O)NCCOCCOCCNC(=O)COCCOCCCC(=O)CC[C@H](NC(=O)CCCCCCCCCCCCCCCCC(=O)O)C(=O)O. The maximum Gasteiger partial charge on any atom is 0.326 e. The minimum absolute atomic E-state index is 0.0183. The second-order valence-corrected chi connectivity index (χ2v) is 18.6. The summed E-state index contributed by atoms with van der Waals surface area (Å²) in [5.74, 6) is -2.56. The number of carboxylic acids is 2. The van der Waals surface area contributed by atoms with Crippen LogP contribution >= 0.6 is 11.8 Å². The molecule has 18 nitrogen and oxygen atoms in total. The number of ether oxygens (including phenoxy) is 4. The third-order valence-electron chi connectivity index (χ3n) is 10.8. The number of ketones is 3. The maximum absolute atomic E-state index is 12.4. The van der Waals surface area contributed by atoms with E-state index in [2.05, 4.69) is 16.0 Å². The van der Waals surface area contributed by atoms with E-state index >= 15 is 0 Å². The predicted octanol–water partition coefficient (Wildman–Crippen LogP) is 5.34. The van der Waals surface area contributed by atoms with E-state index in [0.717, 1.165) is 38.5 Å². The predicted molar refractivity (Wildman–Crippen MR) is 258 cm³/mol. The third kappa shape index (κ3) is 42.4. The van der Waals surface area contributed by atoms with Crippen molar-refractivity contribution < 1.29 is 67.5 Å². The zero-order valence-electron chi connectivity index (χ0n) is 41.0. The molecule has 7 N–H and O–H groups in total. The summed E-state index contributed by atoms with van der Waals surface area (Å²) in [7, 11) is 0. The number of hydrogen-bond acceptors (Lipinski definition) is 14. The van der Waals surface area contributed by atoms with Crippen molar-refractivity contribution in [1.29, 1.82) is 0 Å². The number of thioether (sulfide) groups is 1. The third-order valence-corrected chi connectivity index (χ3v) is 11.9. The largest absolute Gasteiger partial charge is 0.481 e. The van der Waals surface area contributed by atoms with Crippen LogP contribution < -0.4 is 21.7 Å². The zero-order chi connectivity index (χ0) is 50.0. The average molecular weight is 975 g/mol. The Morgan fingerprint density at radius 1 is 0.552 bits per heavy atom. The minimum atomic E-state index is -1.16. The van der Waals surface area contributed by atoms with Crippen LogP contribution in [0.15, 0.2) is 0 Å². The van der Waals surface area contributed by atoms with Crippen LogP contribution in [-0.4, -0.2) is 146 Å². The molecule has 0 spiro atoms. The van der Waals surface area contributed by atoms with Crippen LogP contribution in [0.2, 0.25) is 0 Å². The molecule has 0 radical (unpaired) electrons. The van der Waals surface area contributed by atoms with Crippen molar-refractivity contribution in [1.82, 2.24) is 16.0 Å². The van der Waals surface area contributed by atoms with Gasteiger partial charge in [0.15, 0.2) is 5.78 Å². The van der Waals surface area contributed by atoms with Gasteiger partial charge in [-0.15, -0.1) is 0 Å². The molecular weight excluding hydrogens is 889 g/mol. The summed E-state index contributed by atoms with van der Waals surface area (Å²) in [4.78, 5) is 95.0. The molecular formula is C48H86N4O14S. The van der Waals surface area contributed by atoms with E-state index in [1.54, 1.807) is 13.8 Å². The Bertz CT molecular complexity index is 1400. The molecule has 67 heavy (non-hydrogen) atoms. The molecule has 0 heterocycles. The van der Waals surface area contributed by atoms with Crippen molar-refractivity contribution in [2.75, 3.05) is 77.5 Å². The van der Waals surface area contributed by atoms with Crippen molar-refractivity contribution in [2.45, 2.75) is 174 Å². The monoisotopic (exact) mass is 975 g/mol. The summed E-state index contributed by atoms with van der Waals surface area (Å²) in [6, 6.07) is -1.11. The molecule has 0 fully saturated rings. The first-order valence-electron chi connectivity index (χ1n) is 24.5. The second kappa shape index (κ2) is 42.6. The lowest BCUT2D eigenvalue weighted by Crippen LogP contribution is -2.41. The highest BCUT2D eigenvalue weighted by Crippen LogP contribution is 2.18. The summed E-state index contributed by atoms with van der Waals surface area (Å²) >= 11 is 1.34. The zero-order valence-corrected chi connectivity index (χ0v) is 41.8. The van der Waals surface area contributed by atoms with Crippen molar-refractivity contribution in [2.24, 2.45) is 11.7 Å². The van der Waals surface area contributed by atoms with E-state index in [1.807, 2.05) is 0 Å². The number of Topliss-reactive ketones (excluding diaryl/α,β-unsaturated/α-hetero) is 3. The van der Waals surface area contributed by atoms with Crippen LogP contribution in [0, 0.1) is 5.92 Å². The number of amides is 3. The lowest BCUT2D eigenvalue weighted by Gasteiger charge is -2.19. The number of carboxylic acid groups (broad SMARTS) is 2. The van der Waals surface area contributed by atoms with Gasteiger partial charge in [0.1, 0.15) is 24.2 Å². The first-order valence-corrected chi connectivity index (χ1v) is 25.7. The fourth-order valence-electron chi connectivity index (χ4n) is 6.67. The Hall–Kier alpha value is -3.49. The van der Waals surface area contributed by atoms with Crippen LogP contribution in [0.1, 0.15) is 162 Å². The van der Waals surface area contributed by atoms with Gasteiger partial charge in [-0.05, 0) is 52.9 Å². The number of hydrogen-bond donors (Lipinski definition) is 6. The normalized spacial score (nSPS) is 12.3. The second-order valence-electron chi connectivity index (χ2n) is 17.6. The summed E-state index contributed by atoms with van der Waals surface area (Å²) < 4.78 is 21.7. The quantitative estimate of drug-likeness (QED) is 0.0420. The van der Waals surface area contributed by atoms with E-state index in [9.17, 15) is 43.5 Å². The number of carbonyl (C=O) groups excluding carboxylic acids is 6. The summed E-state index contributed by atoms with van der Waals surface area (Å²) in [5.41, 5.74) is 4.89.